The minimum Gasteiger partial charge on any atom is -0.381 e. The topological polar surface area (TPSA) is 33.1 Å². The largest absolute Gasteiger partial charge is 0.381 e. The molecule has 0 saturated heterocycles. The minimum atomic E-state index is -2.90. The van der Waals surface area contributed by atoms with E-state index in [0.29, 0.717) is 0 Å². The number of halogens is 3. The van der Waals surface area contributed by atoms with Crippen LogP contribution in [0.15, 0.2) is 18.3 Å². The number of pyridine rings is 1. The van der Waals surface area contributed by atoms with E-state index in [9.17, 15) is 13.2 Å². The van der Waals surface area contributed by atoms with Gasteiger partial charge in [-0.1, -0.05) is 0 Å². The summed E-state index contributed by atoms with van der Waals surface area (Å²) in [5, 5.41) is 8.75. The van der Waals surface area contributed by atoms with Gasteiger partial charge in [0.05, 0.1) is 11.9 Å². The van der Waals surface area contributed by atoms with Crippen molar-refractivity contribution in [3.63, 3.8) is 0 Å². The molecule has 0 amide bonds. The highest BCUT2D eigenvalue weighted by Crippen LogP contribution is 2.17. The zero-order valence-electron chi connectivity index (χ0n) is 5.92. The van der Waals surface area contributed by atoms with Crippen molar-refractivity contribution in [2.24, 2.45) is 0 Å². The number of alkyl halides is 2. The van der Waals surface area contributed by atoms with Crippen LogP contribution in [0.1, 0.15) is 11.8 Å². The molecule has 66 valence electrons. The smallest absolute Gasteiger partial charge is 0.269 e. The molecule has 0 aromatic carbocycles. The molecule has 0 aliphatic carbocycles. The Kier molecular flexibility index (Phi) is 2.65. The highest BCUT2D eigenvalue weighted by atomic mass is 19.3. The van der Waals surface area contributed by atoms with Crippen LogP contribution >= 0.6 is 0 Å². The molecule has 2 nitrogen and oxygen atoms in total. The molecule has 0 bridgehead atoms. The van der Waals surface area contributed by atoms with Crippen LogP contribution in [-0.2, 0) is 0 Å². The summed E-state index contributed by atoms with van der Waals surface area (Å²) in [5.41, 5.74) is -0.230. The minimum absolute atomic E-state index is 0.230. The molecule has 0 spiro atoms. The van der Waals surface area contributed by atoms with Gasteiger partial charge in [-0.05, 0) is 12.1 Å². The van der Waals surface area contributed by atoms with E-state index in [1.807, 2.05) is 0 Å². The summed E-state index contributed by atoms with van der Waals surface area (Å²) in [4.78, 5) is 3.29. The number of nitrogens with zero attached hydrogens (tertiary/aromatic N) is 1. The SMILES string of the molecule is OC(c1ccc(F)cn1)C(F)F. The van der Waals surface area contributed by atoms with Gasteiger partial charge in [0.25, 0.3) is 6.43 Å². The van der Waals surface area contributed by atoms with Crippen LogP contribution in [0.3, 0.4) is 0 Å². The summed E-state index contributed by atoms with van der Waals surface area (Å²) in [5.74, 6) is -0.625. The molecule has 1 aromatic rings. The average molecular weight is 177 g/mol. The van der Waals surface area contributed by atoms with E-state index in [4.69, 9.17) is 5.11 Å². The van der Waals surface area contributed by atoms with E-state index in [2.05, 4.69) is 4.98 Å². The standard InChI is InChI=1S/C7H6F3NO/c8-4-1-2-5(11-3-4)6(12)7(9)10/h1-3,6-7,12H. The maximum Gasteiger partial charge on any atom is 0.269 e. The van der Waals surface area contributed by atoms with Crippen molar-refractivity contribution >= 4 is 0 Å². The summed E-state index contributed by atoms with van der Waals surface area (Å²) in [7, 11) is 0. The lowest BCUT2D eigenvalue weighted by molar-refractivity contribution is -0.00826. The van der Waals surface area contributed by atoms with E-state index in [-0.39, 0.29) is 5.69 Å². The van der Waals surface area contributed by atoms with Crippen LogP contribution in [-0.4, -0.2) is 16.5 Å². The normalized spacial score (nSPS) is 13.4. The summed E-state index contributed by atoms with van der Waals surface area (Å²) in [6, 6.07) is 1.99. The summed E-state index contributed by atoms with van der Waals surface area (Å²) in [6.07, 6.45) is -4.06. The third-order valence-electron chi connectivity index (χ3n) is 1.29. The van der Waals surface area contributed by atoms with Gasteiger partial charge < -0.3 is 5.11 Å². The van der Waals surface area contributed by atoms with Crippen molar-refractivity contribution < 1.29 is 18.3 Å². The van der Waals surface area contributed by atoms with E-state index >= 15 is 0 Å². The highest BCUT2D eigenvalue weighted by Gasteiger charge is 2.19. The first-order valence-corrected chi connectivity index (χ1v) is 3.19. The lowest BCUT2D eigenvalue weighted by Crippen LogP contribution is -2.09. The predicted octanol–water partition coefficient (Wildman–Crippen LogP) is 1.52. The molecular weight excluding hydrogens is 171 g/mol. The van der Waals surface area contributed by atoms with Gasteiger partial charge in [0.2, 0.25) is 0 Å². The first-order chi connectivity index (χ1) is 5.61. The molecular formula is C7H6F3NO. The van der Waals surface area contributed by atoms with Crippen LogP contribution in [0, 0.1) is 5.82 Å². The second-order valence-corrected chi connectivity index (χ2v) is 2.18. The molecule has 0 radical (unpaired) electrons. The summed E-state index contributed by atoms with van der Waals surface area (Å²) < 4.78 is 35.9. The van der Waals surface area contributed by atoms with E-state index in [1.54, 1.807) is 0 Å². The van der Waals surface area contributed by atoms with Gasteiger partial charge in [-0.3, -0.25) is 4.98 Å². The van der Waals surface area contributed by atoms with Crippen molar-refractivity contribution in [1.82, 2.24) is 4.98 Å². The maximum absolute atomic E-state index is 12.2. The Labute approximate surface area is 66.7 Å². The Balaban J connectivity index is 2.82. The molecule has 0 fully saturated rings. The second kappa shape index (κ2) is 3.53. The van der Waals surface area contributed by atoms with E-state index < -0.39 is 18.3 Å². The van der Waals surface area contributed by atoms with Crippen LogP contribution in [0.5, 0.6) is 0 Å². The average Bonchev–Trinajstić information content (AvgIpc) is 2.04. The van der Waals surface area contributed by atoms with Gasteiger partial charge in [-0.25, -0.2) is 13.2 Å². The number of aliphatic hydroxyl groups is 1. The number of aromatic nitrogens is 1. The molecule has 1 aromatic heterocycles. The van der Waals surface area contributed by atoms with Gasteiger partial charge in [0, 0.05) is 0 Å². The summed E-state index contributed by atoms with van der Waals surface area (Å²) in [6.45, 7) is 0. The molecule has 0 aliphatic heterocycles. The molecule has 1 heterocycles. The Morgan fingerprint density at radius 1 is 1.33 bits per heavy atom. The fourth-order valence-corrected chi connectivity index (χ4v) is 0.691. The van der Waals surface area contributed by atoms with Crippen LogP contribution in [0.4, 0.5) is 13.2 Å². The number of aliphatic hydroxyl groups excluding tert-OH is 1. The molecule has 1 rings (SSSR count). The fourth-order valence-electron chi connectivity index (χ4n) is 0.691. The molecule has 1 N–H and O–H groups in total. The van der Waals surface area contributed by atoms with Crippen LogP contribution in [0.2, 0.25) is 0 Å². The first-order valence-electron chi connectivity index (χ1n) is 3.19. The Bertz CT molecular complexity index is 249. The zero-order chi connectivity index (χ0) is 9.14. The van der Waals surface area contributed by atoms with E-state index in [0.717, 1.165) is 18.3 Å². The van der Waals surface area contributed by atoms with Gasteiger partial charge >= 0.3 is 0 Å². The van der Waals surface area contributed by atoms with Crippen molar-refractivity contribution in [2.45, 2.75) is 12.5 Å². The van der Waals surface area contributed by atoms with Crippen molar-refractivity contribution in [3.8, 4) is 0 Å². The van der Waals surface area contributed by atoms with E-state index in [1.165, 1.54) is 0 Å². The molecule has 1 atom stereocenters. The third-order valence-corrected chi connectivity index (χ3v) is 1.29. The van der Waals surface area contributed by atoms with Crippen LogP contribution < -0.4 is 0 Å². The maximum atomic E-state index is 12.2. The molecule has 1 unspecified atom stereocenters. The number of hydrogen-bond acceptors (Lipinski definition) is 2. The Morgan fingerprint density at radius 3 is 2.42 bits per heavy atom. The zero-order valence-corrected chi connectivity index (χ0v) is 5.92. The monoisotopic (exact) mass is 177 g/mol. The number of hydrogen-bond donors (Lipinski definition) is 1. The highest BCUT2D eigenvalue weighted by molar-refractivity contribution is 5.08. The lowest BCUT2D eigenvalue weighted by Gasteiger charge is -2.07. The molecule has 12 heavy (non-hydrogen) atoms. The summed E-state index contributed by atoms with van der Waals surface area (Å²) >= 11 is 0. The van der Waals surface area contributed by atoms with Gasteiger partial charge in [0.1, 0.15) is 5.82 Å². The number of rotatable bonds is 2. The quantitative estimate of drug-likeness (QED) is 0.742. The van der Waals surface area contributed by atoms with Gasteiger partial charge in [-0.2, -0.15) is 0 Å². The first kappa shape index (κ1) is 8.99. The Morgan fingerprint density at radius 2 is 2.00 bits per heavy atom. The molecule has 0 aliphatic rings. The van der Waals surface area contributed by atoms with Crippen molar-refractivity contribution in [1.29, 1.82) is 0 Å². The van der Waals surface area contributed by atoms with Gasteiger partial charge in [-0.15, -0.1) is 0 Å². The Hall–Kier alpha value is -1.10. The third kappa shape index (κ3) is 1.94. The van der Waals surface area contributed by atoms with Crippen molar-refractivity contribution in [3.05, 3.63) is 29.8 Å². The van der Waals surface area contributed by atoms with Gasteiger partial charge in [0.15, 0.2) is 6.10 Å². The molecule has 5 heteroatoms. The predicted molar refractivity (Wildman–Crippen MR) is 35.2 cm³/mol. The lowest BCUT2D eigenvalue weighted by atomic mass is 10.2. The second-order valence-electron chi connectivity index (χ2n) is 2.18. The van der Waals surface area contributed by atoms with Crippen molar-refractivity contribution in [2.75, 3.05) is 0 Å². The molecule has 0 saturated carbocycles. The fraction of sp³-hybridized carbons (Fsp3) is 0.286. The van der Waals surface area contributed by atoms with Crippen LogP contribution in [0.25, 0.3) is 0 Å².